The minimum Gasteiger partial charge on any atom is -0.373 e. The fourth-order valence-electron chi connectivity index (χ4n) is 3.36. The summed E-state index contributed by atoms with van der Waals surface area (Å²) < 4.78 is 0. The zero-order valence-electron chi connectivity index (χ0n) is 14.5. The summed E-state index contributed by atoms with van der Waals surface area (Å²) in [5, 5.41) is 3.29. The van der Waals surface area contributed by atoms with Crippen molar-refractivity contribution in [2.24, 2.45) is 0 Å². The molecule has 1 aliphatic heterocycles. The first-order valence-corrected chi connectivity index (χ1v) is 8.14. The van der Waals surface area contributed by atoms with E-state index in [1.165, 1.54) is 10.5 Å². The zero-order chi connectivity index (χ0) is 17.4. The van der Waals surface area contributed by atoms with E-state index in [2.05, 4.69) is 17.4 Å². The van der Waals surface area contributed by atoms with E-state index < -0.39 is 6.04 Å². The van der Waals surface area contributed by atoms with Gasteiger partial charge in [0.2, 0.25) is 5.91 Å². The quantitative estimate of drug-likeness (QED) is 0.877. The van der Waals surface area contributed by atoms with Crippen molar-refractivity contribution in [3.63, 3.8) is 0 Å². The average molecular weight is 322 g/mol. The summed E-state index contributed by atoms with van der Waals surface area (Å²) in [5.41, 5.74) is 5.97. The molecule has 0 bridgehead atoms. The smallest absolute Gasteiger partial charge is 0.256 e. The Bertz CT molecular complexity index is 803. The summed E-state index contributed by atoms with van der Waals surface area (Å²) in [7, 11) is 0. The topological polar surface area (TPSA) is 49.4 Å². The fourth-order valence-corrected chi connectivity index (χ4v) is 3.36. The van der Waals surface area contributed by atoms with Crippen LogP contribution in [0, 0.1) is 27.7 Å². The van der Waals surface area contributed by atoms with Gasteiger partial charge in [-0.3, -0.25) is 9.59 Å². The van der Waals surface area contributed by atoms with Crippen molar-refractivity contribution in [3.05, 3.63) is 58.7 Å². The standard InChI is InChI=1S/C20H22N2O2/c1-12-6-5-7-16(10-12)22-18(23)11-17(20(22)24)21-19-14(3)8-13(2)9-15(19)4/h5-10,17,21H,11H2,1-4H3/t17-/m0/s1. The molecule has 0 unspecified atom stereocenters. The summed E-state index contributed by atoms with van der Waals surface area (Å²) in [6.07, 6.45) is 0.180. The monoisotopic (exact) mass is 322 g/mol. The van der Waals surface area contributed by atoms with Gasteiger partial charge in [0.1, 0.15) is 6.04 Å². The van der Waals surface area contributed by atoms with E-state index in [0.29, 0.717) is 5.69 Å². The third-order valence-corrected chi connectivity index (χ3v) is 4.40. The van der Waals surface area contributed by atoms with E-state index in [1.807, 2.05) is 45.9 Å². The molecular formula is C20H22N2O2. The van der Waals surface area contributed by atoms with E-state index >= 15 is 0 Å². The van der Waals surface area contributed by atoms with Crippen molar-refractivity contribution < 1.29 is 9.59 Å². The Balaban J connectivity index is 1.87. The Labute approximate surface area is 142 Å². The van der Waals surface area contributed by atoms with Gasteiger partial charge in [0.15, 0.2) is 0 Å². The lowest BCUT2D eigenvalue weighted by Gasteiger charge is -2.19. The largest absolute Gasteiger partial charge is 0.373 e. The Morgan fingerprint density at radius 3 is 2.25 bits per heavy atom. The molecule has 1 saturated heterocycles. The maximum absolute atomic E-state index is 12.8. The first-order chi connectivity index (χ1) is 11.4. The van der Waals surface area contributed by atoms with E-state index in [1.54, 1.807) is 6.07 Å². The number of aryl methyl sites for hydroxylation is 4. The molecule has 3 rings (SSSR count). The van der Waals surface area contributed by atoms with Gasteiger partial charge in [-0.2, -0.15) is 0 Å². The van der Waals surface area contributed by atoms with E-state index in [9.17, 15) is 9.59 Å². The first kappa shape index (κ1) is 16.2. The number of nitrogens with zero attached hydrogens (tertiary/aromatic N) is 1. The van der Waals surface area contributed by atoms with Gasteiger partial charge in [0, 0.05) is 5.69 Å². The van der Waals surface area contributed by atoms with Crippen LogP contribution in [-0.2, 0) is 9.59 Å². The van der Waals surface area contributed by atoms with Gasteiger partial charge in [0.25, 0.3) is 5.91 Å². The molecule has 1 heterocycles. The van der Waals surface area contributed by atoms with E-state index in [-0.39, 0.29) is 18.2 Å². The molecule has 124 valence electrons. The molecule has 1 atom stereocenters. The second-order valence-electron chi connectivity index (χ2n) is 6.58. The molecule has 2 amide bonds. The van der Waals surface area contributed by atoms with Gasteiger partial charge in [-0.1, -0.05) is 29.8 Å². The molecule has 4 nitrogen and oxygen atoms in total. The number of nitrogens with one attached hydrogen (secondary N) is 1. The summed E-state index contributed by atoms with van der Waals surface area (Å²) in [4.78, 5) is 26.4. The number of amides is 2. The van der Waals surface area contributed by atoms with Gasteiger partial charge in [-0.05, 0) is 56.5 Å². The maximum Gasteiger partial charge on any atom is 0.256 e. The van der Waals surface area contributed by atoms with Crippen molar-refractivity contribution in [2.75, 3.05) is 10.2 Å². The summed E-state index contributed by atoms with van der Waals surface area (Å²) in [6.45, 7) is 8.03. The van der Waals surface area contributed by atoms with Crippen LogP contribution in [0.25, 0.3) is 0 Å². The Hall–Kier alpha value is -2.62. The van der Waals surface area contributed by atoms with Crippen LogP contribution >= 0.6 is 0 Å². The molecule has 1 N–H and O–H groups in total. The van der Waals surface area contributed by atoms with E-state index in [4.69, 9.17) is 0 Å². The van der Waals surface area contributed by atoms with E-state index in [0.717, 1.165) is 22.4 Å². The number of carbonyl (C=O) groups is 2. The molecule has 2 aromatic rings. The molecule has 0 saturated carbocycles. The zero-order valence-corrected chi connectivity index (χ0v) is 14.5. The number of carbonyl (C=O) groups excluding carboxylic acids is 2. The molecular weight excluding hydrogens is 300 g/mol. The molecule has 0 aliphatic carbocycles. The molecule has 1 fully saturated rings. The van der Waals surface area contributed by atoms with Crippen molar-refractivity contribution >= 4 is 23.2 Å². The van der Waals surface area contributed by atoms with Crippen LogP contribution in [0.3, 0.4) is 0 Å². The van der Waals surface area contributed by atoms with Crippen molar-refractivity contribution in [1.29, 1.82) is 0 Å². The second-order valence-corrected chi connectivity index (χ2v) is 6.58. The predicted molar refractivity (Wildman–Crippen MR) is 96.4 cm³/mol. The number of hydrogen-bond acceptors (Lipinski definition) is 3. The highest BCUT2D eigenvalue weighted by Gasteiger charge is 2.39. The van der Waals surface area contributed by atoms with Gasteiger partial charge in [-0.25, -0.2) is 4.90 Å². The Morgan fingerprint density at radius 1 is 0.958 bits per heavy atom. The van der Waals surface area contributed by atoms with Gasteiger partial charge < -0.3 is 5.32 Å². The summed E-state index contributed by atoms with van der Waals surface area (Å²) >= 11 is 0. The number of anilines is 2. The second kappa shape index (κ2) is 6.11. The molecule has 0 aromatic heterocycles. The third-order valence-electron chi connectivity index (χ3n) is 4.40. The Kier molecular flexibility index (Phi) is 4.14. The lowest BCUT2D eigenvalue weighted by atomic mass is 10.0. The van der Waals surface area contributed by atoms with Crippen LogP contribution in [0.1, 0.15) is 28.7 Å². The predicted octanol–water partition coefficient (Wildman–Crippen LogP) is 3.66. The number of imide groups is 1. The summed E-state index contributed by atoms with van der Waals surface area (Å²) in [5.74, 6) is -0.351. The first-order valence-electron chi connectivity index (χ1n) is 8.14. The van der Waals surface area contributed by atoms with Crippen LogP contribution in [0.15, 0.2) is 36.4 Å². The van der Waals surface area contributed by atoms with Crippen LogP contribution in [0.2, 0.25) is 0 Å². The minimum atomic E-state index is -0.516. The molecule has 1 aliphatic rings. The number of benzene rings is 2. The maximum atomic E-state index is 12.8. The number of hydrogen-bond donors (Lipinski definition) is 1. The molecule has 24 heavy (non-hydrogen) atoms. The molecule has 4 heteroatoms. The van der Waals surface area contributed by atoms with Gasteiger partial charge in [-0.15, -0.1) is 0 Å². The average Bonchev–Trinajstić information content (AvgIpc) is 2.77. The highest BCUT2D eigenvalue weighted by molar-refractivity contribution is 6.23. The van der Waals surface area contributed by atoms with Crippen LogP contribution < -0.4 is 10.2 Å². The lowest BCUT2D eigenvalue weighted by molar-refractivity contribution is -0.121. The van der Waals surface area contributed by atoms with Gasteiger partial charge >= 0.3 is 0 Å². The molecule has 0 spiro atoms. The van der Waals surface area contributed by atoms with Crippen molar-refractivity contribution in [2.45, 2.75) is 40.2 Å². The van der Waals surface area contributed by atoms with Crippen molar-refractivity contribution in [1.82, 2.24) is 0 Å². The fraction of sp³-hybridized carbons (Fsp3) is 0.300. The minimum absolute atomic E-state index is 0.162. The normalized spacial score (nSPS) is 17.5. The molecule has 2 aromatic carbocycles. The van der Waals surface area contributed by atoms with Crippen LogP contribution in [-0.4, -0.2) is 17.9 Å². The highest BCUT2D eigenvalue weighted by Crippen LogP contribution is 2.28. The third kappa shape index (κ3) is 2.92. The summed E-state index contributed by atoms with van der Waals surface area (Å²) in [6, 6.07) is 11.1. The SMILES string of the molecule is Cc1cccc(N2C(=O)C[C@H](Nc3c(C)cc(C)cc3C)C2=O)c1. The Morgan fingerprint density at radius 2 is 1.62 bits per heavy atom. The highest BCUT2D eigenvalue weighted by atomic mass is 16.2. The lowest BCUT2D eigenvalue weighted by Crippen LogP contribution is -2.35. The van der Waals surface area contributed by atoms with Crippen molar-refractivity contribution in [3.8, 4) is 0 Å². The van der Waals surface area contributed by atoms with Crippen LogP contribution in [0.5, 0.6) is 0 Å². The van der Waals surface area contributed by atoms with Gasteiger partial charge in [0.05, 0.1) is 12.1 Å². The molecule has 0 radical (unpaired) electrons. The van der Waals surface area contributed by atoms with Crippen LogP contribution in [0.4, 0.5) is 11.4 Å². The number of rotatable bonds is 3.